The van der Waals surface area contributed by atoms with Crippen molar-refractivity contribution in [2.24, 2.45) is 11.8 Å². The maximum atomic E-state index is 12.6. The van der Waals surface area contributed by atoms with Crippen molar-refractivity contribution in [3.05, 3.63) is 24.3 Å². The summed E-state index contributed by atoms with van der Waals surface area (Å²) in [5, 5.41) is 6.03. The molecule has 2 heterocycles. The molecule has 2 N–H and O–H groups in total. The number of hydrogen-bond donors (Lipinski definition) is 2. The number of benzene rings is 1. The largest absolute Gasteiger partial charge is 0.323 e. The first-order valence-electron chi connectivity index (χ1n) is 6.58. The van der Waals surface area contributed by atoms with Crippen molar-refractivity contribution >= 4 is 23.2 Å². The van der Waals surface area contributed by atoms with Gasteiger partial charge in [0.15, 0.2) is 0 Å². The minimum atomic E-state index is -0.134. The Balaban J connectivity index is 1.92. The number of hydrogen-bond acceptors (Lipinski definition) is 3. The van der Waals surface area contributed by atoms with Crippen molar-refractivity contribution < 1.29 is 9.59 Å². The van der Waals surface area contributed by atoms with Crippen LogP contribution >= 0.6 is 0 Å². The second-order valence-corrected chi connectivity index (χ2v) is 5.23. The molecule has 0 aliphatic carbocycles. The zero-order valence-corrected chi connectivity index (χ0v) is 10.8. The molecule has 1 aromatic rings. The number of fused-ring (bicyclic) bond motifs is 1. The number of para-hydroxylation sites is 2. The fourth-order valence-corrected chi connectivity index (χ4v) is 2.77. The number of carbonyl (C=O) groups excluding carboxylic acids is 2. The van der Waals surface area contributed by atoms with Crippen LogP contribution in [0.25, 0.3) is 0 Å². The van der Waals surface area contributed by atoms with Gasteiger partial charge in [-0.2, -0.15) is 0 Å². The SMILES string of the molecule is C[C@@H]1CNC[C@H]1C(=O)N1CC(=O)Nc2ccccc21. The molecule has 0 aromatic heterocycles. The lowest BCUT2D eigenvalue weighted by Gasteiger charge is -2.31. The highest BCUT2D eigenvalue weighted by Gasteiger charge is 2.36. The van der Waals surface area contributed by atoms with Crippen molar-refractivity contribution in [3.63, 3.8) is 0 Å². The standard InChI is InChI=1S/C14H17N3O2/c1-9-6-15-7-10(9)14(19)17-8-13(18)16-11-4-2-3-5-12(11)17/h2-5,9-10,15H,6-8H2,1H3,(H,16,18)/t9-,10-/m1/s1. The second-order valence-electron chi connectivity index (χ2n) is 5.23. The molecule has 0 bridgehead atoms. The zero-order chi connectivity index (χ0) is 13.4. The van der Waals surface area contributed by atoms with Gasteiger partial charge < -0.3 is 15.5 Å². The number of nitrogens with zero attached hydrogens (tertiary/aromatic N) is 1. The molecule has 1 aromatic carbocycles. The highest BCUT2D eigenvalue weighted by Crippen LogP contribution is 2.31. The summed E-state index contributed by atoms with van der Waals surface area (Å²) in [6.45, 7) is 3.73. The van der Waals surface area contributed by atoms with Crippen molar-refractivity contribution in [1.82, 2.24) is 5.32 Å². The number of carbonyl (C=O) groups is 2. The van der Waals surface area contributed by atoms with Gasteiger partial charge in [-0.3, -0.25) is 9.59 Å². The second kappa shape index (κ2) is 4.66. The fourth-order valence-electron chi connectivity index (χ4n) is 2.77. The number of rotatable bonds is 1. The highest BCUT2D eigenvalue weighted by molar-refractivity contribution is 6.10. The van der Waals surface area contributed by atoms with E-state index in [1.165, 1.54) is 0 Å². The van der Waals surface area contributed by atoms with Crippen LogP contribution in [0, 0.1) is 11.8 Å². The zero-order valence-electron chi connectivity index (χ0n) is 10.8. The molecule has 2 aliphatic heterocycles. The quantitative estimate of drug-likeness (QED) is 0.785. The van der Waals surface area contributed by atoms with E-state index in [1.54, 1.807) is 4.90 Å². The molecule has 0 unspecified atom stereocenters. The van der Waals surface area contributed by atoms with Gasteiger partial charge in [-0.1, -0.05) is 19.1 Å². The molecule has 3 rings (SSSR count). The van der Waals surface area contributed by atoms with Crippen LogP contribution in [0.15, 0.2) is 24.3 Å². The third-order valence-electron chi connectivity index (χ3n) is 3.87. The first-order chi connectivity index (χ1) is 9.16. The normalized spacial score (nSPS) is 25.9. The van der Waals surface area contributed by atoms with Gasteiger partial charge in [0, 0.05) is 6.54 Å². The van der Waals surface area contributed by atoms with Gasteiger partial charge >= 0.3 is 0 Å². The summed E-state index contributed by atoms with van der Waals surface area (Å²) >= 11 is 0. The molecule has 100 valence electrons. The molecule has 1 fully saturated rings. The number of nitrogens with one attached hydrogen (secondary N) is 2. The van der Waals surface area contributed by atoms with Crippen molar-refractivity contribution in [2.45, 2.75) is 6.92 Å². The van der Waals surface area contributed by atoms with E-state index < -0.39 is 0 Å². The van der Waals surface area contributed by atoms with Gasteiger partial charge in [0.05, 0.1) is 17.3 Å². The lowest BCUT2D eigenvalue weighted by atomic mass is 9.96. The van der Waals surface area contributed by atoms with E-state index in [2.05, 4.69) is 17.6 Å². The Morgan fingerprint density at radius 1 is 1.32 bits per heavy atom. The third kappa shape index (κ3) is 2.10. The Morgan fingerprint density at radius 3 is 2.84 bits per heavy atom. The molecule has 2 aliphatic rings. The van der Waals surface area contributed by atoms with E-state index in [-0.39, 0.29) is 24.3 Å². The van der Waals surface area contributed by atoms with Gasteiger partial charge in [0.1, 0.15) is 6.54 Å². The molecule has 1 saturated heterocycles. The fraction of sp³-hybridized carbons (Fsp3) is 0.429. The summed E-state index contributed by atoms with van der Waals surface area (Å²) in [5.41, 5.74) is 1.51. The first kappa shape index (κ1) is 12.2. The summed E-state index contributed by atoms with van der Waals surface area (Å²) in [5.74, 6) is 0.175. The highest BCUT2D eigenvalue weighted by atomic mass is 16.2. The van der Waals surface area contributed by atoms with E-state index in [1.807, 2.05) is 24.3 Å². The van der Waals surface area contributed by atoms with Crippen molar-refractivity contribution in [3.8, 4) is 0 Å². The predicted molar refractivity (Wildman–Crippen MR) is 72.9 cm³/mol. The first-order valence-corrected chi connectivity index (χ1v) is 6.58. The minimum Gasteiger partial charge on any atom is -0.323 e. The lowest BCUT2D eigenvalue weighted by molar-refractivity contribution is -0.125. The van der Waals surface area contributed by atoms with E-state index >= 15 is 0 Å². The monoisotopic (exact) mass is 259 g/mol. The molecular weight excluding hydrogens is 242 g/mol. The smallest absolute Gasteiger partial charge is 0.244 e. The molecule has 0 radical (unpaired) electrons. The molecule has 19 heavy (non-hydrogen) atoms. The molecular formula is C14H17N3O2. The Labute approximate surface area is 112 Å². The molecule has 2 atom stereocenters. The maximum absolute atomic E-state index is 12.6. The number of amides is 2. The van der Waals surface area contributed by atoms with E-state index in [0.29, 0.717) is 18.2 Å². The van der Waals surface area contributed by atoms with E-state index in [9.17, 15) is 9.59 Å². The van der Waals surface area contributed by atoms with Crippen LogP contribution in [-0.2, 0) is 9.59 Å². The van der Waals surface area contributed by atoms with Gasteiger partial charge in [0.25, 0.3) is 0 Å². The molecule has 0 spiro atoms. The summed E-state index contributed by atoms with van der Waals surface area (Å²) < 4.78 is 0. The maximum Gasteiger partial charge on any atom is 0.244 e. The van der Waals surface area contributed by atoms with Crippen molar-refractivity contribution in [2.75, 3.05) is 29.9 Å². The Bertz CT molecular complexity index is 529. The van der Waals surface area contributed by atoms with Crippen molar-refractivity contribution in [1.29, 1.82) is 0 Å². The predicted octanol–water partition coefficient (Wildman–Crippen LogP) is 0.827. The average molecular weight is 259 g/mol. The summed E-state index contributed by atoms with van der Waals surface area (Å²) in [4.78, 5) is 26.0. The van der Waals surface area contributed by atoms with Crippen LogP contribution in [0.4, 0.5) is 11.4 Å². The Kier molecular flexibility index (Phi) is 2.98. The Morgan fingerprint density at radius 2 is 2.11 bits per heavy atom. The van der Waals surface area contributed by atoms with Crippen LogP contribution in [-0.4, -0.2) is 31.4 Å². The topological polar surface area (TPSA) is 61.4 Å². The molecule has 5 heteroatoms. The molecule has 0 saturated carbocycles. The van der Waals surface area contributed by atoms with Gasteiger partial charge in [0.2, 0.25) is 11.8 Å². The average Bonchev–Trinajstić information content (AvgIpc) is 2.83. The van der Waals surface area contributed by atoms with Crippen LogP contribution < -0.4 is 15.5 Å². The van der Waals surface area contributed by atoms with E-state index in [0.717, 1.165) is 12.2 Å². The van der Waals surface area contributed by atoms with Crippen LogP contribution in [0.5, 0.6) is 0 Å². The summed E-state index contributed by atoms with van der Waals surface area (Å²) in [7, 11) is 0. The minimum absolute atomic E-state index is 0.0415. The van der Waals surface area contributed by atoms with Crippen LogP contribution in [0.3, 0.4) is 0 Å². The van der Waals surface area contributed by atoms with Gasteiger partial charge in [-0.15, -0.1) is 0 Å². The lowest BCUT2D eigenvalue weighted by Crippen LogP contribution is -2.46. The van der Waals surface area contributed by atoms with E-state index in [4.69, 9.17) is 0 Å². The summed E-state index contributed by atoms with van der Waals surface area (Å²) in [6.07, 6.45) is 0. The molecule has 2 amide bonds. The van der Waals surface area contributed by atoms with Gasteiger partial charge in [-0.25, -0.2) is 0 Å². The molecule has 5 nitrogen and oxygen atoms in total. The Hall–Kier alpha value is -1.88. The number of anilines is 2. The van der Waals surface area contributed by atoms with Crippen LogP contribution in [0.1, 0.15) is 6.92 Å². The van der Waals surface area contributed by atoms with Gasteiger partial charge in [-0.05, 0) is 24.6 Å². The van der Waals surface area contributed by atoms with Crippen LogP contribution in [0.2, 0.25) is 0 Å². The summed E-state index contributed by atoms with van der Waals surface area (Å²) in [6, 6.07) is 7.43. The third-order valence-corrected chi connectivity index (χ3v) is 3.87.